The summed E-state index contributed by atoms with van der Waals surface area (Å²) in [5.74, 6) is 4.47. The zero-order chi connectivity index (χ0) is 11.1. The monoisotopic (exact) mass is 223 g/mol. The molecule has 0 saturated carbocycles. The smallest absolute Gasteiger partial charge is 0.0545 e. The average Bonchev–Trinajstić information content (AvgIpc) is 2.54. The van der Waals surface area contributed by atoms with E-state index in [1.807, 2.05) is 17.9 Å². The van der Waals surface area contributed by atoms with Gasteiger partial charge in [-0.3, -0.25) is 4.68 Å². The zero-order valence-electron chi connectivity index (χ0n) is 9.29. The van der Waals surface area contributed by atoms with Crippen LogP contribution in [0.2, 0.25) is 0 Å². The average molecular weight is 223 g/mol. The molecule has 0 bridgehead atoms. The highest BCUT2D eigenvalue weighted by Crippen LogP contribution is 2.04. The second kappa shape index (κ2) is 6.54. The summed E-state index contributed by atoms with van der Waals surface area (Å²) in [6.45, 7) is 3.95. The molecule has 15 heavy (non-hydrogen) atoms. The van der Waals surface area contributed by atoms with Crippen LogP contribution in [0.5, 0.6) is 0 Å². The Bertz CT molecular complexity index is 338. The van der Waals surface area contributed by atoms with E-state index in [0.717, 1.165) is 24.6 Å². The number of hydrogen-bond acceptors (Lipinski definition) is 3. The van der Waals surface area contributed by atoms with Crippen molar-refractivity contribution in [1.29, 1.82) is 0 Å². The van der Waals surface area contributed by atoms with E-state index in [2.05, 4.69) is 23.3 Å². The van der Waals surface area contributed by atoms with Crippen molar-refractivity contribution in [3.05, 3.63) is 17.5 Å². The normalized spacial score (nSPS) is 10.2. The molecule has 1 N–H and O–H groups in total. The lowest BCUT2D eigenvalue weighted by Gasteiger charge is -2.03. The molecule has 0 aromatic carbocycles. The van der Waals surface area contributed by atoms with Crippen LogP contribution in [0.25, 0.3) is 0 Å². The van der Waals surface area contributed by atoms with Gasteiger partial charge in [-0.25, -0.2) is 0 Å². The van der Waals surface area contributed by atoms with Crippen LogP contribution < -0.4 is 5.32 Å². The molecule has 1 aromatic heterocycles. The van der Waals surface area contributed by atoms with Crippen molar-refractivity contribution >= 4 is 11.8 Å². The van der Waals surface area contributed by atoms with Gasteiger partial charge >= 0.3 is 0 Å². The van der Waals surface area contributed by atoms with E-state index in [9.17, 15) is 0 Å². The van der Waals surface area contributed by atoms with Crippen LogP contribution in [0.3, 0.4) is 0 Å². The van der Waals surface area contributed by atoms with Gasteiger partial charge in [0.2, 0.25) is 0 Å². The summed E-state index contributed by atoms with van der Waals surface area (Å²) in [6, 6.07) is 0. The largest absolute Gasteiger partial charge is 0.312 e. The van der Waals surface area contributed by atoms with E-state index in [-0.39, 0.29) is 0 Å². The SMILES string of the molecule is C#CCSCCNCc1cnn(C)c1C. The van der Waals surface area contributed by atoms with E-state index >= 15 is 0 Å². The lowest BCUT2D eigenvalue weighted by Crippen LogP contribution is -2.17. The van der Waals surface area contributed by atoms with Crippen LogP contribution in [0.15, 0.2) is 6.20 Å². The van der Waals surface area contributed by atoms with Crippen molar-refractivity contribution in [2.75, 3.05) is 18.1 Å². The molecule has 1 rings (SSSR count). The highest BCUT2D eigenvalue weighted by atomic mass is 32.2. The number of rotatable bonds is 6. The quantitative estimate of drug-likeness (QED) is 0.580. The molecular weight excluding hydrogens is 206 g/mol. The van der Waals surface area contributed by atoms with Crippen LogP contribution in [0, 0.1) is 19.3 Å². The van der Waals surface area contributed by atoms with Gasteiger partial charge in [0.25, 0.3) is 0 Å². The number of hydrogen-bond donors (Lipinski definition) is 1. The molecule has 0 saturated heterocycles. The van der Waals surface area contributed by atoms with E-state index in [1.165, 1.54) is 11.3 Å². The van der Waals surface area contributed by atoms with Crippen molar-refractivity contribution in [1.82, 2.24) is 15.1 Å². The molecule has 0 spiro atoms. The minimum absolute atomic E-state index is 0.799. The fraction of sp³-hybridized carbons (Fsp3) is 0.545. The van der Waals surface area contributed by atoms with Gasteiger partial charge in [0, 0.05) is 37.1 Å². The molecular formula is C11H17N3S. The summed E-state index contributed by atoms with van der Waals surface area (Å²) in [7, 11) is 1.96. The second-order valence-corrected chi connectivity index (χ2v) is 4.42. The molecule has 0 aliphatic heterocycles. The molecule has 0 atom stereocenters. The van der Waals surface area contributed by atoms with E-state index in [4.69, 9.17) is 6.42 Å². The number of aromatic nitrogens is 2. The highest BCUT2D eigenvalue weighted by Gasteiger charge is 2.01. The highest BCUT2D eigenvalue weighted by molar-refractivity contribution is 7.99. The van der Waals surface area contributed by atoms with Gasteiger partial charge in [-0.1, -0.05) is 5.92 Å². The fourth-order valence-corrected chi connectivity index (χ4v) is 1.77. The van der Waals surface area contributed by atoms with Crippen molar-refractivity contribution in [3.8, 4) is 12.3 Å². The van der Waals surface area contributed by atoms with Gasteiger partial charge in [-0.2, -0.15) is 5.10 Å². The molecule has 0 unspecified atom stereocenters. The Morgan fingerprint density at radius 3 is 3.07 bits per heavy atom. The third-order valence-corrected chi connectivity index (χ3v) is 3.12. The summed E-state index contributed by atoms with van der Waals surface area (Å²) in [5.41, 5.74) is 2.48. The first-order valence-electron chi connectivity index (χ1n) is 4.95. The Morgan fingerprint density at radius 1 is 1.67 bits per heavy atom. The molecule has 1 aromatic rings. The maximum absolute atomic E-state index is 5.15. The summed E-state index contributed by atoms with van der Waals surface area (Å²) < 4.78 is 1.89. The Kier molecular flexibility index (Phi) is 5.30. The number of nitrogens with zero attached hydrogens (tertiary/aromatic N) is 2. The van der Waals surface area contributed by atoms with E-state index in [0.29, 0.717) is 0 Å². The minimum Gasteiger partial charge on any atom is -0.312 e. The molecule has 0 aliphatic rings. The molecule has 0 aliphatic carbocycles. The lowest BCUT2D eigenvalue weighted by molar-refractivity contribution is 0.713. The lowest BCUT2D eigenvalue weighted by atomic mass is 10.2. The Morgan fingerprint density at radius 2 is 2.47 bits per heavy atom. The first kappa shape index (κ1) is 12.2. The maximum atomic E-state index is 5.15. The molecule has 82 valence electrons. The van der Waals surface area contributed by atoms with Gasteiger partial charge < -0.3 is 5.32 Å². The third kappa shape index (κ3) is 3.98. The predicted molar refractivity (Wildman–Crippen MR) is 65.8 cm³/mol. The predicted octanol–water partition coefficient (Wildman–Crippen LogP) is 1.18. The second-order valence-electron chi connectivity index (χ2n) is 3.31. The number of nitrogens with one attached hydrogen (secondary N) is 1. The molecule has 0 amide bonds. The van der Waals surface area contributed by atoms with Crippen LogP contribution >= 0.6 is 11.8 Å². The number of aryl methyl sites for hydroxylation is 1. The van der Waals surface area contributed by atoms with Crippen molar-refractivity contribution in [2.45, 2.75) is 13.5 Å². The van der Waals surface area contributed by atoms with Crippen LogP contribution in [0.4, 0.5) is 0 Å². The number of thioether (sulfide) groups is 1. The van der Waals surface area contributed by atoms with E-state index < -0.39 is 0 Å². The maximum Gasteiger partial charge on any atom is 0.0545 e. The first-order valence-corrected chi connectivity index (χ1v) is 6.10. The summed E-state index contributed by atoms with van der Waals surface area (Å²) in [6.07, 6.45) is 7.07. The standard InChI is InChI=1S/C11H17N3S/c1-4-6-15-7-5-12-8-11-9-13-14(3)10(11)2/h1,9,12H,5-8H2,2-3H3. The number of terminal acetylenes is 1. The molecule has 4 heteroatoms. The first-order chi connectivity index (χ1) is 7.25. The summed E-state index contributed by atoms with van der Waals surface area (Å²) >= 11 is 1.78. The molecule has 3 nitrogen and oxygen atoms in total. The fourth-order valence-electron chi connectivity index (χ4n) is 1.22. The Balaban J connectivity index is 2.16. The van der Waals surface area contributed by atoms with Crippen LogP contribution in [-0.4, -0.2) is 27.8 Å². The summed E-state index contributed by atoms with van der Waals surface area (Å²) in [5, 5.41) is 7.56. The van der Waals surface area contributed by atoms with Crippen molar-refractivity contribution in [2.24, 2.45) is 7.05 Å². The van der Waals surface area contributed by atoms with Crippen LogP contribution in [0.1, 0.15) is 11.3 Å². The molecule has 0 radical (unpaired) electrons. The van der Waals surface area contributed by atoms with Gasteiger partial charge in [0.15, 0.2) is 0 Å². The van der Waals surface area contributed by atoms with Crippen molar-refractivity contribution < 1.29 is 0 Å². The topological polar surface area (TPSA) is 29.9 Å². The zero-order valence-corrected chi connectivity index (χ0v) is 10.1. The van der Waals surface area contributed by atoms with Gasteiger partial charge in [-0.05, 0) is 6.92 Å². The minimum atomic E-state index is 0.799. The van der Waals surface area contributed by atoms with E-state index in [1.54, 1.807) is 11.8 Å². The van der Waals surface area contributed by atoms with Gasteiger partial charge in [0.1, 0.15) is 0 Å². The Hall–Kier alpha value is -0.920. The Labute approximate surface area is 95.6 Å². The van der Waals surface area contributed by atoms with Crippen LogP contribution in [-0.2, 0) is 13.6 Å². The van der Waals surface area contributed by atoms with Crippen molar-refractivity contribution in [3.63, 3.8) is 0 Å². The molecule has 0 fully saturated rings. The molecule has 1 heterocycles. The van der Waals surface area contributed by atoms with Gasteiger partial charge in [0.05, 0.1) is 11.9 Å². The van der Waals surface area contributed by atoms with Gasteiger partial charge in [-0.15, -0.1) is 18.2 Å². The third-order valence-electron chi connectivity index (χ3n) is 2.26. The summed E-state index contributed by atoms with van der Waals surface area (Å²) in [4.78, 5) is 0.